The van der Waals surface area contributed by atoms with Crippen LogP contribution < -0.4 is 5.32 Å². The molecule has 2 heterocycles. The monoisotopic (exact) mass is 534 g/mol. The fraction of sp³-hybridized carbons (Fsp3) is 0.517. The van der Waals surface area contributed by atoms with E-state index < -0.39 is 23.1 Å². The third-order valence-corrected chi connectivity index (χ3v) is 8.24. The van der Waals surface area contributed by atoms with Crippen molar-refractivity contribution in [2.24, 2.45) is 5.41 Å². The molecule has 2 amide bonds. The van der Waals surface area contributed by atoms with Crippen molar-refractivity contribution in [3.63, 3.8) is 0 Å². The number of rotatable bonds is 4. The van der Waals surface area contributed by atoms with Gasteiger partial charge in [-0.25, -0.2) is 4.39 Å². The van der Waals surface area contributed by atoms with Gasteiger partial charge in [0.1, 0.15) is 5.82 Å². The molecule has 1 N–H and O–H groups in total. The van der Waals surface area contributed by atoms with Crippen LogP contribution in [-0.4, -0.2) is 49.6 Å². The smallest absolute Gasteiger partial charge is 0.356 e. The number of alkyl halides is 3. The lowest BCUT2D eigenvalue weighted by Gasteiger charge is -2.50. The number of ether oxygens (including phenoxy) is 1. The lowest BCUT2D eigenvalue weighted by Crippen LogP contribution is -2.60. The first-order valence-corrected chi connectivity index (χ1v) is 12.8. The van der Waals surface area contributed by atoms with E-state index in [0.717, 1.165) is 18.2 Å². The normalized spacial score (nSPS) is 21.6. The Morgan fingerprint density at radius 1 is 0.974 bits per heavy atom. The first kappa shape index (κ1) is 28.1. The molecular weight excluding hydrogens is 500 g/mol. The van der Waals surface area contributed by atoms with Crippen LogP contribution in [0.25, 0.3) is 0 Å². The number of hydrogen-bond acceptors (Lipinski definition) is 3. The van der Waals surface area contributed by atoms with E-state index in [1.807, 2.05) is 20.8 Å². The summed E-state index contributed by atoms with van der Waals surface area (Å²) in [4.78, 5) is 27.2. The number of nitrogens with one attached hydrogen (secondary N) is 1. The number of likely N-dealkylation sites (tertiary alicyclic amines) is 1. The van der Waals surface area contributed by atoms with Gasteiger partial charge in [-0.3, -0.25) is 9.59 Å². The van der Waals surface area contributed by atoms with E-state index in [4.69, 9.17) is 4.74 Å². The number of carbonyl (C=O) groups is 2. The second-order valence-corrected chi connectivity index (χ2v) is 11.4. The standard InChI is InChI=1S/C29H34F4N2O3/c1-26(2,3)20-7-9-21(10-8-20)28(38-4,29(31,32)33)25(37)35-15-13-27(14-16-35)17-24(36)34-18-23(27)19-5-11-22(30)12-6-19/h5-12,23H,13-18H2,1-4H3,(H,34,36). The number of methoxy groups -OCH3 is 1. The maximum atomic E-state index is 14.7. The minimum Gasteiger partial charge on any atom is -0.356 e. The topological polar surface area (TPSA) is 58.6 Å². The van der Waals surface area contributed by atoms with Crippen LogP contribution >= 0.6 is 0 Å². The zero-order valence-corrected chi connectivity index (χ0v) is 22.1. The molecule has 2 unspecified atom stereocenters. The van der Waals surface area contributed by atoms with Crippen LogP contribution in [0.5, 0.6) is 0 Å². The molecule has 0 aromatic heterocycles. The summed E-state index contributed by atoms with van der Waals surface area (Å²) in [5, 5.41) is 2.86. The van der Waals surface area contributed by atoms with Crippen LogP contribution in [-0.2, 0) is 25.3 Å². The first-order valence-electron chi connectivity index (χ1n) is 12.8. The highest BCUT2D eigenvalue weighted by molar-refractivity contribution is 5.88. The summed E-state index contributed by atoms with van der Waals surface area (Å²) in [5.74, 6) is -1.81. The van der Waals surface area contributed by atoms with E-state index in [2.05, 4.69) is 5.32 Å². The molecule has 1 spiro atoms. The van der Waals surface area contributed by atoms with Crippen molar-refractivity contribution in [2.45, 2.75) is 63.1 Å². The predicted molar refractivity (Wildman–Crippen MR) is 135 cm³/mol. The van der Waals surface area contributed by atoms with Crippen molar-refractivity contribution in [3.05, 3.63) is 71.0 Å². The van der Waals surface area contributed by atoms with Crippen LogP contribution in [0.15, 0.2) is 48.5 Å². The quantitative estimate of drug-likeness (QED) is 0.532. The highest BCUT2D eigenvalue weighted by Gasteiger charge is 2.64. The summed E-state index contributed by atoms with van der Waals surface area (Å²) in [7, 11) is 0.907. The minimum absolute atomic E-state index is 0.0467. The molecule has 2 fully saturated rings. The van der Waals surface area contributed by atoms with Crippen LogP contribution in [0.3, 0.4) is 0 Å². The molecule has 5 nitrogen and oxygen atoms in total. The third-order valence-electron chi connectivity index (χ3n) is 8.24. The Labute approximate surface area is 220 Å². The van der Waals surface area contributed by atoms with E-state index in [0.29, 0.717) is 19.4 Å². The summed E-state index contributed by atoms with van der Waals surface area (Å²) in [6.45, 7) is 6.30. The van der Waals surface area contributed by atoms with Gasteiger partial charge in [0, 0.05) is 44.6 Å². The lowest BCUT2D eigenvalue weighted by molar-refractivity contribution is -0.271. The third kappa shape index (κ3) is 4.93. The van der Waals surface area contributed by atoms with E-state index >= 15 is 0 Å². The number of benzene rings is 2. The van der Waals surface area contributed by atoms with Gasteiger partial charge in [0.15, 0.2) is 0 Å². The van der Waals surface area contributed by atoms with Crippen LogP contribution in [0.4, 0.5) is 17.6 Å². The summed E-state index contributed by atoms with van der Waals surface area (Å²) < 4.78 is 62.6. The highest BCUT2D eigenvalue weighted by atomic mass is 19.4. The van der Waals surface area contributed by atoms with Crippen molar-refractivity contribution >= 4 is 11.8 Å². The lowest BCUT2D eigenvalue weighted by atomic mass is 9.62. The van der Waals surface area contributed by atoms with Gasteiger partial charge in [-0.15, -0.1) is 0 Å². The zero-order valence-electron chi connectivity index (χ0n) is 22.1. The summed E-state index contributed by atoms with van der Waals surface area (Å²) >= 11 is 0. The van der Waals surface area contributed by atoms with E-state index in [-0.39, 0.29) is 48.1 Å². The average molecular weight is 535 g/mol. The van der Waals surface area contributed by atoms with Gasteiger partial charge < -0.3 is 15.0 Å². The molecule has 38 heavy (non-hydrogen) atoms. The zero-order chi connectivity index (χ0) is 27.9. The molecule has 2 aliphatic rings. The Hall–Kier alpha value is -2.94. The molecule has 0 radical (unpaired) electrons. The molecule has 206 valence electrons. The number of carbonyl (C=O) groups excluding carboxylic acids is 2. The number of halogens is 4. The minimum atomic E-state index is -5.00. The van der Waals surface area contributed by atoms with Crippen molar-refractivity contribution in [3.8, 4) is 0 Å². The van der Waals surface area contributed by atoms with E-state index in [1.54, 1.807) is 24.3 Å². The largest absolute Gasteiger partial charge is 0.430 e. The van der Waals surface area contributed by atoms with Crippen LogP contribution in [0, 0.1) is 11.2 Å². The SMILES string of the molecule is COC(C(=O)N1CCC2(CC1)CC(=O)NCC2c1ccc(F)cc1)(c1ccc(C(C)(C)C)cc1)C(F)(F)F. The molecule has 2 aromatic carbocycles. The van der Waals surface area contributed by atoms with Gasteiger partial charge in [-0.2, -0.15) is 13.2 Å². The molecule has 9 heteroatoms. The van der Waals surface area contributed by atoms with Crippen LogP contribution in [0.1, 0.15) is 62.6 Å². The Bertz CT molecular complexity index is 1160. The summed E-state index contributed by atoms with van der Waals surface area (Å²) in [6, 6.07) is 11.9. The second-order valence-electron chi connectivity index (χ2n) is 11.4. The second kappa shape index (κ2) is 9.98. The summed E-state index contributed by atoms with van der Waals surface area (Å²) in [6.07, 6.45) is -4.12. The van der Waals surface area contributed by atoms with Gasteiger partial charge in [0.25, 0.3) is 11.5 Å². The van der Waals surface area contributed by atoms with Crippen molar-refractivity contribution < 1.29 is 31.9 Å². The van der Waals surface area contributed by atoms with E-state index in [1.165, 1.54) is 29.2 Å². The van der Waals surface area contributed by atoms with Gasteiger partial charge in [-0.1, -0.05) is 57.2 Å². The fourth-order valence-corrected chi connectivity index (χ4v) is 5.94. The Morgan fingerprint density at radius 2 is 1.53 bits per heavy atom. The van der Waals surface area contributed by atoms with Crippen molar-refractivity contribution in [1.82, 2.24) is 10.2 Å². The fourth-order valence-electron chi connectivity index (χ4n) is 5.94. The van der Waals surface area contributed by atoms with Gasteiger partial charge in [0.05, 0.1) is 0 Å². The molecule has 2 atom stereocenters. The number of amides is 2. The predicted octanol–water partition coefficient (Wildman–Crippen LogP) is 5.44. The first-order chi connectivity index (χ1) is 17.7. The average Bonchev–Trinajstić information content (AvgIpc) is 2.85. The molecule has 2 aliphatic heterocycles. The molecule has 0 saturated carbocycles. The Morgan fingerprint density at radius 3 is 2.03 bits per heavy atom. The van der Waals surface area contributed by atoms with E-state index in [9.17, 15) is 27.2 Å². The number of nitrogens with zero attached hydrogens (tertiary/aromatic N) is 1. The Balaban J connectivity index is 1.63. The maximum absolute atomic E-state index is 14.7. The number of piperidine rings is 2. The summed E-state index contributed by atoms with van der Waals surface area (Å²) in [5.41, 5.74) is -2.54. The highest BCUT2D eigenvalue weighted by Crippen LogP contribution is 2.50. The van der Waals surface area contributed by atoms with Gasteiger partial charge >= 0.3 is 6.18 Å². The number of hydrogen-bond donors (Lipinski definition) is 1. The molecular formula is C29H34F4N2O3. The molecule has 4 rings (SSSR count). The molecule has 0 bridgehead atoms. The maximum Gasteiger partial charge on any atom is 0.430 e. The molecule has 2 saturated heterocycles. The van der Waals surface area contributed by atoms with Crippen LogP contribution in [0.2, 0.25) is 0 Å². The molecule has 2 aromatic rings. The van der Waals surface area contributed by atoms with Crippen molar-refractivity contribution in [1.29, 1.82) is 0 Å². The van der Waals surface area contributed by atoms with Crippen molar-refractivity contribution in [2.75, 3.05) is 26.7 Å². The molecule has 0 aliphatic carbocycles. The van der Waals surface area contributed by atoms with Gasteiger partial charge in [-0.05, 0) is 46.9 Å². The van der Waals surface area contributed by atoms with Gasteiger partial charge in [0.2, 0.25) is 5.91 Å². The Kier molecular flexibility index (Phi) is 7.38.